The van der Waals surface area contributed by atoms with E-state index in [1.807, 2.05) is 31.2 Å². The Morgan fingerprint density at radius 3 is 2.29 bits per heavy atom. The molecular weight excluding hydrogens is 369 g/mol. The summed E-state index contributed by atoms with van der Waals surface area (Å²) in [7, 11) is 0. The first-order valence-electron chi connectivity index (χ1n) is 6.86. The minimum Gasteiger partial charge on any atom is -0.271 e. The van der Waals surface area contributed by atoms with Crippen molar-refractivity contribution in [2.45, 2.75) is 16.7 Å². The van der Waals surface area contributed by atoms with Gasteiger partial charge in [-0.25, -0.2) is 4.79 Å². The fraction of sp³-hybridized carbons (Fsp3) is 0.0625. The van der Waals surface area contributed by atoms with E-state index in [0.29, 0.717) is 20.6 Å². The number of aromatic amines is 1. The first-order chi connectivity index (χ1) is 11.4. The fourth-order valence-electron chi connectivity index (χ4n) is 2.03. The van der Waals surface area contributed by atoms with Crippen LogP contribution in [-0.4, -0.2) is 14.8 Å². The SMILES string of the molecule is Cc1ccc(Sc2c(Cl)cc(-n3ncc(=O)[nH]c3=O)cc2Cl)cc1. The van der Waals surface area contributed by atoms with Gasteiger partial charge in [0.2, 0.25) is 0 Å². The average Bonchev–Trinajstić information content (AvgIpc) is 2.52. The monoisotopic (exact) mass is 379 g/mol. The van der Waals surface area contributed by atoms with Crippen LogP contribution >= 0.6 is 35.0 Å². The summed E-state index contributed by atoms with van der Waals surface area (Å²) < 4.78 is 1.03. The fourth-order valence-corrected chi connectivity index (χ4v) is 3.56. The van der Waals surface area contributed by atoms with Gasteiger partial charge in [0.15, 0.2) is 0 Å². The summed E-state index contributed by atoms with van der Waals surface area (Å²) in [5.41, 5.74) is 0.309. The smallest absolute Gasteiger partial charge is 0.271 e. The third-order valence-electron chi connectivity index (χ3n) is 3.18. The van der Waals surface area contributed by atoms with Gasteiger partial charge in [0.25, 0.3) is 5.56 Å². The van der Waals surface area contributed by atoms with E-state index in [-0.39, 0.29) is 0 Å². The molecule has 24 heavy (non-hydrogen) atoms. The lowest BCUT2D eigenvalue weighted by Gasteiger charge is -2.10. The molecule has 0 bridgehead atoms. The predicted molar refractivity (Wildman–Crippen MR) is 95.8 cm³/mol. The van der Waals surface area contributed by atoms with Crippen LogP contribution in [0.15, 0.2) is 62.0 Å². The largest absolute Gasteiger partial charge is 0.349 e. The van der Waals surface area contributed by atoms with Crippen LogP contribution in [0.4, 0.5) is 0 Å². The number of benzene rings is 2. The van der Waals surface area contributed by atoms with Gasteiger partial charge in [-0.3, -0.25) is 9.78 Å². The molecule has 1 N–H and O–H groups in total. The molecule has 0 radical (unpaired) electrons. The molecule has 3 aromatic rings. The van der Waals surface area contributed by atoms with Crippen LogP contribution < -0.4 is 11.2 Å². The topological polar surface area (TPSA) is 67.8 Å². The van der Waals surface area contributed by atoms with E-state index < -0.39 is 11.2 Å². The average molecular weight is 380 g/mol. The van der Waals surface area contributed by atoms with Crippen molar-refractivity contribution in [3.63, 3.8) is 0 Å². The predicted octanol–water partition coefficient (Wildman–Crippen LogP) is 3.69. The zero-order chi connectivity index (χ0) is 17.3. The molecule has 0 spiro atoms. The molecule has 0 atom stereocenters. The molecule has 0 aliphatic rings. The molecule has 122 valence electrons. The van der Waals surface area contributed by atoms with Gasteiger partial charge in [-0.15, -0.1) is 0 Å². The van der Waals surface area contributed by atoms with Crippen LogP contribution in [0, 0.1) is 6.92 Å². The third kappa shape index (κ3) is 3.56. The van der Waals surface area contributed by atoms with Gasteiger partial charge in [0.05, 0.1) is 15.7 Å². The number of aromatic nitrogens is 3. The van der Waals surface area contributed by atoms with Gasteiger partial charge in [-0.05, 0) is 31.2 Å². The van der Waals surface area contributed by atoms with Crippen molar-refractivity contribution in [2.75, 3.05) is 0 Å². The molecule has 0 aliphatic carbocycles. The number of hydrogen-bond donors (Lipinski definition) is 1. The van der Waals surface area contributed by atoms with Crippen molar-refractivity contribution < 1.29 is 0 Å². The van der Waals surface area contributed by atoms with Crippen molar-refractivity contribution in [1.82, 2.24) is 14.8 Å². The minimum atomic E-state index is -0.659. The maximum absolute atomic E-state index is 11.8. The second-order valence-electron chi connectivity index (χ2n) is 5.00. The molecule has 0 saturated heterocycles. The molecule has 0 aliphatic heterocycles. The summed E-state index contributed by atoms with van der Waals surface area (Å²) in [6.45, 7) is 2.01. The third-order valence-corrected chi connectivity index (χ3v) is 5.15. The molecule has 2 aromatic carbocycles. The minimum absolute atomic E-state index is 0.375. The maximum atomic E-state index is 11.8. The van der Waals surface area contributed by atoms with Crippen LogP contribution in [-0.2, 0) is 0 Å². The number of nitrogens with zero attached hydrogens (tertiary/aromatic N) is 2. The van der Waals surface area contributed by atoms with Crippen LogP contribution in [0.3, 0.4) is 0 Å². The van der Waals surface area contributed by atoms with Crippen LogP contribution in [0.5, 0.6) is 0 Å². The number of hydrogen-bond acceptors (Lipinski definition) is 4. The van der Waals surface area contributed by atoms with E-state index in [9.17, 15) is 9.59 Å². The number of H-pyrrole nitrogens is 1. The van der Waals surface area contributed by atoms with Gasteiger partial charge in [0.1, 0.15) is 6.20 Å². The Kier molecular flexibility index (Phi) is 4.80. The summed E-state index contributed by atoms with van der Waals surface area (Å²) in [5, 5.41) is 4.57. The van der Waals surface area contributed by atoms with Crippen molar-refractivity contribution in [1.29, 1.82) is 0 Å². The highest BCUT2D eigenvalue weighted by Crippen LogP contribution is 2.39. The molecule has 1 heterocycles. The number of nitrogens with one attached hydrogen (secondary N) is 1. The first kappa shape index (κ1) is 16.8. The normalized spacial score (nSPS) is 10.8. The second-order valence-corrected chi connectivity index (χ2v) is 6.90. The van der Waals surface area contributed by atoms with E-state index in [1.54, 1.807) is 12.1 Å². The van der Waals surface area contributed by atoms with Crippen LogP contribution in [0.25, 0.3) is 5.69 Å². The quantitative estimate of drug-likeness (QED) is 0.753. The number of rotatable bonds is 3. The molecule has 0 fully saturated rings. The standard InChI is InChI=1S/C16H11Cl2N3O2S/c1-9-2-4-11(5-3-9)24-15-12(17)6-10(7-13(15)18)21-16(23)20-14(22)8-19-21/h2-8H,1H3,(H,20,22,23). The Morgan fingerprint density at radius 1 is 1.08 bits per heavy atom. The summed E-state index contributed by atoms with van der Waals surface area (Å²) in [6.07, 6.45) is 1.01. The Balaban J connectivity index is 2.01. The Labute approximate surface area is 151 Å². The molecule has 3 rings (SSSR count). The summed E-state index contributed by atoms with van der Waals surface area (Å²) >= 11 is 14.1. The van der Waals surface area contributed by atoms with Crippen LogP contribution in [0.1, 0.15) is 5.56 Å². The van der Waals surface area contributed by atoms with Crippen molar-refractivity contribution in [3.8, 4) is 5.69 Å². The van der Waals surface area contributed by atoms with Crippen molar-refractivity contribution in [2.24, 2.45) is 0 Å². The van der Waals surface area contributed by atoms with Crippen LogP contribution in [0.2, 0.25) is 10.0 Å². The van der Waals surface area contributed by atoms with E-state index in [0.717, 1.165) is 21.3 Å². The highest BCUT2D eigenvalue weighted by Gasteiger charge is 2.12. The summed E-state index contributed by atoms with van der Waals surface area (Å²) in [6, 6.07) is 11.1. The van der Waals surface area contributed by atoms with E-state index in [1.165, 1.54) is 11.8 Å². The molecule has 1 aromatic heterocycles. The van der Waals surface area contributed by atoms with E-state index in [2.05, 4.69) is 10.1 Å². The van der Waals surface area contributed by atoms with Gasteiger partial charge in [-0.1, -0.05) is 52.7 Å². The van der Waals surface area contributed by atoms with Gasteiger partial charge in [-0.2, -0.15) is 9.78 Å². The maximum Gasteiger partial charge on any atom is 0.349 e. The highest BCUT2D eigenvalue weighted by atomic mass is 35.5. The van der Waals surface area contributed by atoms with E-state index in [4.69, 9.17) is 23.2 Å². The van der Waals surface area contributed by atoms with E-state index >= 15 is 0 Å². The second kappa shape index (κ2) is 6.84. The number of aryl methyl sites for hydroxylation is 1. The van der Waals surface area contributed by atoms with Gasteiger partial charge in [0, 0.05) is 9.79 Å². The lowest BCUT2D eigenvalue weighted by atomic mass is 10.2. The Morgan fingerprint density at radius 2 is 1.71 bits per heavy atom. The van der Waals surface area contributed by atoms with Crippen molar-refractivity contribution in [3.05, 3.63) is 79.0 Å². The number of halogens is 2. The molecular formula is C16H11Cl2N3O2S. The molecule has 0 unspecified atom stereocenters. The molecule has 0 amide bonds. The summed E-state index contributed by atoms with van der Waals surface area (Å²) in [4.78, 5) is 26.7. The molecule has 8 heteroatoms. The Bertz CT molecular complexity index is 990. The molecule has 5 nitrogen and oxygen atoms in total. The molecule has 0 saturated carbocycles. The lowest BCUT2D eigenvalue weighted by molar-refractivity contribution is 0.749. The van der Waals surface area contributed by atoms with Crippen molar-refractivity contribution >= 4 is 35.0 Å². The highest BCUT2D eigenvalue weighted by molar-refractivity contribution is 7.99. The Hall–Kier alpha value is -2.02. The first-order valence-corrected chi connectivity index (χ1v) is 8.44. The zero-order valence-corrected chi connectivity index (χ0v) is 14.7. The zero-order valence-electron chi connectivity index (χ0n) is 12.4. The van der Waals surface area contributed by atoms with Gasteiger partial charge < -0.3 is 0 Å². The van der Waals surface area contributed by atoms with Gasteiger partial charge >= 0.3 is 5.69 Å². The summed E-state index contributed by atoms with van der Waals surface area (Å²) in [5.74, 6) is 0. The lowest BCUT2D eigenvalue weighted by Crippen LogP contribution is -2.30.